The zero-order chi connectivity index (χ0) is 27.1. The Balaban J connectivity index is 1.24. The van der Waals surface area contributed by atoms with Crippen molar-refractivity contribution in [2.45, 2.75) is 96.0 Å². The lowest BCUT2D eigenvalue weighted by atomic mass is 9.80. The second-order valence-corrected chi connectivity index (χ2v) is 12.3. The number of nitrogens with zero attached hydrogens (tertiary/aromatic N) is 3. The molecule has 1 saturated heterocycles. The quantitative estimate of drug-likeness (QED) is 0.440. The third-order valence-electron chi connectivity index (χ3n) is 9.66. The van der Waals surface area contributed by atoms with Gasteiger partial charge in [-0.3, -0.25) is 9.80 Å². The minimum atomic E-state index is -0.593. The Bertz CT molecular complexity index is 1250. The first-order valence-corrected chi connectivity index (χ1v) is 14.8. The van der Waals surface area contributed by atoms with E-state index in [1.165, 1.54) is 37.0 Å². The van der Waals surface area contributed by atoms with Crippen LogP contribution in [0.4, 0.5) is 14.9 Å². The largest absolute Gasteiger partial charge is 0.491 e. The van der Waals surface area contributed by atoms with Gasteiger partial charge in [-0.1, -0.05) is 31.5 Å². The van der Waals surface area contributed by atoms with Crippen LogP contribution in [0.3, 0.4) is 0 Å². The molecule has 2 bridgehead atoms. The van der Waals surface area contributed by atoms with E-state index in [0.29, 0.717) is 17.6 Å². The SMILES string of the molecule is CC[C@@H](C)Oc1cccc(CN2CCC3(C[C@@H]2C)C(NC2C[C@@H]4CC[C@@H]2C4)=NC(=O)N3c2cccc(F)c2)c1. The van der Waals surface area contributed by atoms with E-state index in [1.807, 2.05) is 12.1 Å². The molecule has 6 rings (SSSR count). The maximum Gasteiger partial charge on any atom is 0.350 e. The van der Waals surface area contributed by atoms with Gasteiger partial charge in [0.1, 0.15) is 22.9 Å². The first kappa shape index (κ1) is 26.3. The lowest BCUT2D eigenvalue weighted by Crippen LogP contribution is -2.64. The Kier molecular flexibility index (Phi) is 7.13. The summed E-state index contributed by atoms with van der Waals surface area (Å²) in [5, 5.41) is 3.79. The summed E-state index contributed by atoms with van der Waals surface area (Å²) in [6.07, 6.45) is 7.66. The first-order chi connectivity index (χ1) is 18.8. The van der Waals surface area contributed by atoms with Crippen molar-refractivity contribution in [3.63, 3.8) is 0 Å². The number of piperidine rings is 1. The molecular formula is C32H41FN4O2. The standard InChI is InChI=1S/C32H41FN4O2/c1-4-22(3)39-28-10-5-7-24(16-28)20-36-14-13-32(19-21(36)2)30(34-29-17-23-11-12-25(29)15-23)35-31(38)37(32)27-9-6-8-26(33)18-27/h5-10,16,18,21-23,25,29H,4,11-15,17,19-20H2,1-3H3,(H,34,35,38)/t21-,22+,23+,25+,29?,32?/m0/s1. The number of nitrogens with one attached hydrogen (secondary N) is 1. The number of amides is 2. The predicted molar refractivity (Wildman–Crippen MR) is 153 cm³/mol. The molecule has 0 radical (unpaired) electrons. The van der Waals surface area contributed by atoms with Gasteiger partial charge in [0.15, 0.2) is 0 Å². The lowest BCUT2D eigenvalue weighted by molar-refractivity contribution is 0.121. The van der Waals surface area contributed by atoms with Crippen LogP contribution in [-0.2, 0) is 6.54 Å². The number of halogens is 1. The number of carbonyl (C=O) groups is 1. The molecule has 0 aromatic heterocycles. The van der Waals surface area contributed by atoms with Gasteiger partial charge in [0.2, 0.25) is 0 Å². The van der Waals surface area contributed by atoms with E-state index in [1.54, 1.807) is 11.0 Å². The van der Waals surface area contributed by atoms with E-state index >= 15 is 0 Å². The molecule has 39 heavy (non-hydrogen) atoms. The second kappa shape index (κ2) is 10.6. The zero-order valence-electron chi connectivity index (χ0n) is 23.4. The van der Waals surface area contributed by atoms with Crippen LogP contribution in [0.5, 0.6) is 5.75 Å². The van der Waals surface area contributed by atoms with Gasteiger partial charge >= 0.3 is 6.03 Å². The number of likely N-dealkylation sites (tertiary alicyclic amines) is 1. The monoisotopic (exact) mass is 532 g/mol. The molecule has 2 aromatic rings. The number of amidine groups is 1. The van der Waals surface area contributed by atoms with Gasteiger partial charge in [-0.2, -0.15) is 4.99 Å². The molecule has 2 unspecified atom stereocenters. The third kappa shape index (κ3) is 5.06. The summed E-state index contributed by atoms with van der Waals surface area (Å²) in [6, 6.07) is 15.1. The van der Waals surface area contributed by atoms with Gasteiger partial charge in [-0.25, -0.2) is 9.18 Å². The number of fused-ring (bicyclic) bond motifs is 2. The van der Waals surface area contributed by atoms with E-state index in [-0.39, 0.29) is 24.0 Å². The smallest absolute Gasteiger partial charge is 0.350 e. The number of carbonyl (C=O) groups excluding carboxylic acids is 1. The fraction of sp³-hybridized carbons (Fsp3) is 0.562. The lowest BCUT2D eigenvalue weighted by Gasteiger charge is -2.48. The molecule has 208 valence electrons. The average Bonchev–Trinajstić information content (AvgIpc) is 3.60. The Morgan fingerprint density at radius 2 is 2.03 bits per heavy atom. The Morgan fingerprint density at radius 3 is 2.74 bits per heavy atom. The molecule has 2 aliphatic heterocycles. The molecule has 3 fully saturated rings. The predicted octanol–water partition coefficient (Wildman–Crippen LogP) is 6.54. The molecule has 2 amide bonds. The molecule has 6 atom stereocenters. The number of ether oxygens (including phenoxy) is 1. The summed E-state index contributed by atoms with van der Waals surface area (Å²) in [5.74, 6) is 2.82. The van der Waals surface area contributed by atoms with Gasteiger partial charge in [0.05, 0.1) is 6.10 Å². The number of hydrogen-bond donors (Lipinski definition) is 1. The fourth-order valence-corrected chi connectivity index (χ4v) is 7.46. The van der Waals surface area contributed by atoms with E-state index < -0.39 is 5.54 Å². The molecule has 2 saturated carbocycles. The summed E-state index contributed by atoms with van der Waals surface area (Å²) in [5.41, 5.74) is 1.21. The van der Waals surface area contributed by atoms with Gasteiger partial charge in [0.25, 0.3) is 0 Å². The Hall–Kier alpha value is -2.93. The molecule has 7 heteroatoms. The minimum Gasteiger partial charge on any atom is -0.491 e. The van der Waals surface area contributed by atoms with Crippen molar-refractivity contribution < 1.29 is 13.9 Å². The highest BCUT2D eigenvalue weighted by molar-refractivity contribution is 6.16. The van der Waals surface area contributed by atoms with E-state index in [2.05, 4.69) is 54.2 Å². The molecule has 2 heterocycles. The molecule has 2 aromatic carbocycles. The second-order valence-electron chi connectivity index (χ2n) is 12.3. The third-order valence-corrected chi connectivity index (χ3v) is 9.66. The maximum atomic E-state index is 14.3. The molecule has 2 aliphatic carbocycles. The van der Waals surface area contributed by atoms with E-state index in [0.717, 1.165) is 56.3 Å². The van der Waals surface area contributed by atoms with Crippen LogP contribution in [0.1, 0.15) is 71.3 Å². The van der Waals surface area contributed by atoms with Crippen molar-refractivity contribution in [1.29, 1.82) is 0 Å². The molecule has 1 N–H and O–H groups in total. The van der Waals surface area contributed by atoms with Crippen molar-refractivity contribution in [3.05, 3.63) is 59.9 Å². The summed E-state index contributed by atoms with van der Waals surface area (Å²) in [6.45, 7) is 8.09. The number of rotatable bonds is 7. The number of urea groups is 1. The molecule has 4 aliphatic rings. The van der Waals surface area contributed by atoms with Gasteiger partial charge in [-0.05, 0) is 100 Å². The van der Waals surface area contributed by atoms with E-state index in [4.69, 9.17) is 4.74 Å². The summed E-state index contributed by atoms with van der Waals surface area (Å²) < 4.78 is 20.4. The Morgan fingerprint density at radius 1 is 1.18 bits per heavy atom. The van der Waals surface area contributed by atoms with Crippen molar-refractivity contribution >= 4 is 17.6 Å². The van der Waals surface area contributed by atoms with Crippen LogP contribution in [0.15, 0.2) is 53.5 Å². The normalized spacial score (nSPS) is 31.1. The summed E-state index contributed by atoms with van der Waals surface area (Å²) >= 11 is 0. The zero-order valence-corrected chi connectivity index (χ0v) is 23.4. The number of aliphatic imine (C=N–C) groups is 1. The summed E-state index contributed by atoms with van der Waals surface area (Å²) in [4.78, 5) is 22.4. The maximum absolute atomic E-state index is 14.3. The number of hydrogen-bond acceptors (Lipinski definition) is 4. The van der Waals surface area contributed by atoms with Crippen LogP contribution in [0, 0.1) is 17.7 Å². The average molecular weight is 533 g/mol. The van der Waals surface area contributed by atoms with Crippen LogP contribution in [0.25, 0.3) is 0 Å². The van der Waals surface area contributed by atoms with Crippen LogP contribution in [-0.4, -0.2) is 47.0 Å². The number of benzene rings is 2. The van der Waals surface area contributed by atoms with Gasteiger partial charge < -0.3 is 10.1 Å². The van der Waals surface area contributed by atoms with Crippen molar-refractivity contribution in [3.8, 4) is 5.75 Å². The highest BCUT2D eigenvalue weighted by atomic mass is 19.1. The van der Waals surface area contributed by atoms with E-state index in [9.17, 15) is 9.18 Å². The molecule has 6 nitrogen and oxygen atoms in total. The highest BCUT2D eigenvalue weighted by Crippen LogP contribution is 2.46. The van der Waals surface area contributed by atoms with Crippen LogP contribution in [0.2, 0.25) is 0 Å². The van der Waals surface area contributed by atoms with Gasteiger partial charge in [0, 0.05) is 30.9 Å². The fourth-order valence-electron chi connectivity index (χ4n) is 7.46. The van der Waals surface area contributed by atoms with Crippen LogP contribution < -0.4 is 15.0 Å². The van der Waals surface area contributed by atoms with Crippen molar-refractivity contribution in [2.75, 3.05) is 11.4 Å². The molecular weight excluding hydrogens is 491 g/mol. The van der Waals surface area contributed by atoms with Crippen molar-refractivity contribution in [1.82, 2.24) is 10.2 Å². The van der Waals surface area contributed by atoms with Gasteiger partial charge in [-0.15, -0.1) is 0 Å². The highest BCUT2D eigenvalue weighted by Gasteiger charge is 2.54. The Labute approximate surface area is 231 Å². The first-order valence-electron chi connectivity index (χ1n) is 14.8. The molecule has 1 spiro atoms. The topological polar surface area (TPSA) is 57.2 Å². The minimum absolute atomic E-state index is 0.183. The number of anilines is 1. The van der Waals surface area contributed by atoms with Crippen molar-refractivity contribution in [2.24, 2.45) is 16.8 Å². The van der Waals surface area contributed by atoms with Crippen LogP contribution >= 0.6 is 0 Å². The summed E-state index contributed by atoms with van der Waals surface area (Å²) in [7, 11) is 0.